The summed E-state index contributed by atoms with van der Waals surface area (Å²) >= 11 is 1.74. The maximum absolute atomic E-state index is 12.5. The molecular weight excluding hydrogens is 322 g/mol. The van der Waals surface area contributed by atoms with Crippen molar-refractivity contribution in [2.24, 2.45) is 0 Å². The van der Waals surface area contributed by atoms with Gasteiger partial charge in [0.15, 0.2) is 0 Å². The van der Waals surface area contributed by atoms with E-state index in [1.54, 1.807) is 24.0 Å². The van der Waals surface area contributed by atoms with E-state index < -0.39 is 0 Å². The molecule has 1 N–H and O–H groups in total. The summed E-state index contributed by atoms with van der Waals surface area (Å²) in [5, 5.41) is 9.37. The fraction of sp³-hybridized carbons (Fsp3) is 0.588. The summed E-state index contributed by atoms with van der Waals surface area (Å²) < 4.78 is 1.87. The highest BCUT2D eigenvalue weighted by Gasteiger charge is 2.30. The third-order valence-electron chi connectivity index (χ3n) is 4.66. The Morgan fingerprint density at radius 1 is 1.50 bits per heavy atom. The van der Waals surface area contributed by atoms with Crippen LogP contribution >= 0.6 is 11.3 Å². The van der Waals surface area contributed by atoms with Crippen molar-refractivity contribution in [3.63, 3.8) is 0 Å². The summed E-state index contributed by atoms with van der Waals surface area (Å²) in [5.74, 6) is 0.122. The number of carbonyl (C=O) groups is 1. The Hall–Kier alpha value is -1.73. The third kappa shape index (κ3) is 4.42. The monoisotopic (exact) mass is 347 g/mol. The first kappa shape index (κ1) is 17.1. The first-order valence-corrected chi connectivity index (χ1v) is 9.50. The molecule has 0 unspecified atom stereocenters. The number of hydrogen-bond acceptors (Lipinski definition) is 5. The summed E-state index contributed by atoms with van der Waals surface area (Å²) in [4.78, 5) is 20.2. The van der Waals surface area contributed by atoms with Gasteiger partial charge < -0.3 is 5.32 Å². The highest BCUT2D eigenvalue weighted by Crippen LogP contribution is 2.21. The normalized spacial score (nSPS) is 20.0. The molecule has 130 valence electrons. The molecule has 1 saturated heterocycles. The Bertz CT molecular complexity index is 613. The zero-order valence-electron chi connectivity index (χ0n) is 14.1. The molecule has 0 bridgehead atoms. The first-order valence-electron chi connectivity index (χ1n) is 8.62. The van der Waals surface area contributed by atoms with Gasteiger partial charge in [-0.15, -0.1) is 11.3 Å². The van der Waals surface area contributed by atoms with Crippen LogP contribution in [0.2, 0.25) is 0 Å². The van der Waals surface area contributed by atoms with E-state index >= 15 is 0 Å². The van der Waals surface area contributed by atoms with Gasteiger partial charge in [0.1, 0.15) is 12.7 Å². The Morgan fingerprint density at radius 2 is 2.42 bits per heavy atom. The standard InChI is InChI=1S/C17H25N5OS/c1-14(17(23)19-8-7-16-6-4-10-24-16)22-9-3-2-5-15(22)11-21-13-18-12-20-21/h4,6,10,12-15H,2-3,5,7-9,11H2,1H3,(H,19,23)/t14-,15-/m1/s1. The van der Waals surface area contributed by atoms with Crippen LogP contribution in [-0.4, -0.2) is 50.7 Å². The molecule has 1 aliphatic heterocycles. The van der Waals surface area contributed by atoms with Crippen molar-refractivity contribution < 1.29 is 4.79 Å². The minimum Gasteiger partial charge on any atom is -0.354 e. The number of carbonyl (C=O) groups excluding carboxylic acids is 1. The lowest BCUT2D eigenvalue weighted by Crippen LogP contribution is -2.53. The van der Waals surface area contributed by atoms with Crippen LogP contribution < -0.4 is 5.32 Å². The van der Waals surface area contributed by atoms with Gasteiger partial charge >= 0.3 is 0 Å². The molecule has 24 heavy (non-hydrogen) atoms. The van der Waals surface area contributed by atoms with Gasteiger partial charge in [0.25, 0.3) is 0 Å². The van der Waals surface area contributed by atoms with Gasteiger partial charge in [0.05, 0.1) is 12.6 Å². The van der Waals surface area contributed by atoms with Crippen LogP contribution in [0.1, 0.15) is 31.1 Å². The van der Waals surface area contributed by atoms with E-state index in [0.717, 1.165) is 32.4 Å². The number of likely N-dealkylation sites (tertiary alicyclic amines) is 1. The molecule has 3 rings (SSSR count). The Morgan fingerprint density at radius 3 is 3.17 bits per heavy atom. The molecule has 3 heterocycles. The summed E-state index contributed by atoms with van der Waals surface area (Å²) in [6.07, 6.45) is 7.68. The average molecular weight is 347 g/mol. The molecular formula is C17H25N5OS. The van der Waals surface area contributed by atoms with Crippen molar-refractivity contribution in [2.75, 3.05) is 13.1 Å². The van der Waals surface area contributed by atoms with Gasteiger partial charge in [-0.25, -0.2) is 4.98 Å². The van der Waals surface area contributed by atoms with E-state index in [1.807, 2.05) is 17.7 Å². The van der Waals surface area contributed by atoms with Gasteiger partial charge in [0.2, 0.25) is 5.91 Å². The lowest BCUT2D eigenvalue weighted by molar-refractivity contribution is -0.127. The SMILES string of the molecule is C[C@H](C(=O)NCCc1cccs1)N1CCCC[C@@H]1Cn1cncn1. The van der Waals surface area contributed by atoms with Gasteiger partial charge in [-0.3, -0.25) is 14.4 Å². The lowest BCUT2D eigenvalue weighted by Gasteiger charge is -2.39. The topological polar surface area (TPSA) is 63.1 Å². The Labute approximate surface area is 146 Å². The van der Waals surface area contributed by atoms with Crippen LogP contribution in [0.15, 0.2) is 30.2 Å². The molecule has 2 atom stereocenters. The lowest BCUT2D eigenvalue weighted by atomic mass is 9.99. The molecule has 7 heteroatoms. The molecule has 2 aromatic heterocycles. The van der Waals surface area contributed by atoms with Crippen LogP contribution in [0, 0.1) is 0 Å². The summed E-state index contributed by atoms with van der Waals surface area (Å²) in [5.41, 5.74) is 0. The number of aromatic nitrogens is 3. The Kier molecular flexibility index (Phi) is 5.98. The quantitative estimate of drug-likeness (QED) is 0.831. The van der Waals surface area contributed by atoms with E-state index in [1.165, 1.54) is 11.3 Å². The van der Waals surface area contributed by atoms with E-state index in [9.17, 15) is 4.79 Å². The zero-order valence-corrected chi connectivity index (χ0v) is 14.9. The van der Waals surface area contributed by atoms with Crippen molar-refractivity contribution in [1.82, 2.24) is 25.0 Å². The van der Waals surface area contributed by atoms with Crippen LogP contribution in [0.25, 0.3) is 0 Å². The summed E-state index contributed by atoms with van der Waals surface area (Å²) in [6, 6.07) is 4.40. The number of piperidine rings is 1. The van der Waals surface area contributed by atoms with E-state index in [2.05, 4.69) is 31.7 Å². The molecule has 0 saturated carbocycles. The predicted molar refractivity (Wildman–Crippen MR) is 94.9 cm³/mol. The fourth-order valence-electron chi connectivity index (χ4n) is 3.33. The second-order valence-corrected chi connectivity index (χ2v) is 7.33. The molecule has 1 fully saturated rings. The second-order valence-electron chi connectivity index (χ2n) is 6.30. The smallest absolute Gasteiger partial charge is 0.237 e. The number of nitrogens with zero attached hydrogens (tertiary/aromatic N) is 4. The molecule has 1 amide bonds. The average Bonchev–Trinajstić information content (AvgIpc) is 3.28. The number of hydrogen-bond donors (Lipinski definition) is 1. The molecule has 6 nitrogen and oxygen atoms in total. The van der Waals surface area contributed by atoms with Crippen LogP contribution in [0.4, 0.5) is 0 Å². The van der Waals surface area contributed by atoms with Gasteiger partial charge in [0, 0.05) is 17.5 Å². The maximum Gasteiger partial charge on any atom is 0.237 e. The Balaban J connectivity index is 1.52. The third-order valence-corrected chi connectivity index (χ3v) is 5.60. The molecule has 1 aliphatic rings. The molecule has 0 spiro atoms. The van der Waals surface area contributed by atoms with Crippen LogP contribution in [0.3, 0.4) is 0 Å². The highest BCUT2D eigenvalue weighted by molar-refractivity contribution is 7.09. The molecule has 0 aromatic carbocycles. The van der Waals surface area contributed by atoms with Crippen molar-refractivity contribution >= 4 is 17.2 Å². The largest absolute Gasteiger partial charge is 0.354 e. The molecule has 2 aromatic rings. The van der Waals surface area contributed by atoms with Crippen molar-refractivity contribution in [2.45, 2.75) is 51.2 Å². The van der Waals surface area contributed by atoms with E-state index in [0.29, 0.717) is 12.6 Å². The van der Waals surface area contributed by atoms with E-state index in [-0.39, 0.29) is 11.9 Å². The van der Waals surface area contributed by atoms with Gasteiger partial charge in [-0.1, -0.05) is 12.5 Å². The van der Waals surface area contributed by atoms with Crippen LogP contribution in [0.5, 0.6) is 0 Å². The minimum atomic E-state index is -0.109. The number of nitrogens with one attached hydrogen (secondary N) is 1. The van der Waals surface area contributed by atoms with Crippen molar-refractivity contribution in [3.8, 4) is 0 Å². The van der Waals surface area contributed by atoms with Crippen molar-refractivity contribution in [3.05, 3.63) is 35.0 Å². The summed E-state index contributed by atoms with van der Waals surface area (Å²) in [6.45, 7) is 4.48. The predicted octanol–water partition coefficient (Wildman–Crippen LogP) is 1.94. The first-order chi connectivity index (χ1) is 11.7. The highest BCUT2D eigenvalue weighted by atomic mass is 32.1. The zero-order chi connectivity index (χ0) is 16.8. The molecule has 0 aliphatic carbocycles. The minimum absolute atomic E-state index is 0.109. The van der Waals surface area contributed by atoms with Crippen LogP contribution in [-0.2, 0) is 17.8 Å². The number of amides is 1. The number of thiophene rings is 1. The number of rotatable bonds is 7. The fourth-order valence-corrected chi connectivity index (χ4v) is 4.04. The van der Waals surface area contributed by atoms with Gasteiger partial charge in [-0.05, 0) is 44.2 Å². The maximum atomic E-state index is 12.5. The summed E-state index contributed by atoms with van der Waals surface area (Å²) in [7, 11) is 0. The molecule has 0 radical (unpaired) electrons. The second kappa shape index (κ2) is 8.39. The van der Waals surface area contributed by atoms with E-state index in [4.69, 9.17) is 0 Å². The van der Waals surface area contributed by atoms with Gasteiger partial charge in [-0.2, -0.15) is 5.10 Å². The van der Waals surface area contributed by atoms with Crippen molar-refractivity contribution in [1.29, 1.82) is 0 Å².